The summed E-state index contributed by atoms with van der Waals surface area (Å²) in [6.45, 7) is 8.73. The van der Waals surface area contributed by atoms with Gasteiger partial charge in [0.15, 0.2) is 11.4 Å². The quantitative estimate of drug-likeness (QED) is 0.195. The Kier molecular flexibility index (Phi) is 12.0. The van der Waals surface area contributed by atoms with E-state index in [9.17, 15) is 31.6 Å². The maximum Gasteiger partial charge on any atom is 0.307 e. The number of esters is 1. The molecule has 0 spiro atoms. The maximum absolute atomic E-state index is 15.1. The van der Waals surface area contributed by atoms with E-state index in [-0.39, 0.29) is 37.6 Å². The number of sulfonamides is 1. The van der Waals surface area contributed by atoms with Crippen molar-refractivity contribution in [1.29, 1.82) is 0 Å². The van der Waals surface area contributed by atoms with E-state index in [1.165, 1.54) is 4.90 Å². The number of carbonyl (C=O) groups excluding carboxylic acids is 4. The Labute approximate surface area is 356 Å². The van der Waals surface area contributed by atoms with Crippen LogP contribution in [0, 0.1) is 29.1 Å². The molecule has 0 bridgehead atoms. The number of amides is 2. The zero-order valence-electron chi connectivity index (χ0n) is 36.2. The molecule has 5 aliphatic rings. The molecular formula is C45H59F2N3O10S. The van der Waals surface area contributed by atoms with Gasteiger partial charge >= 0.3 is 5.97 Å². The number of nitrogens with zero attached hydrogens (tertiary/aromatic N) is 2. The van der Waals surface area contributed by atoms with Crippen LogP contribution in [-0.2, 0) is 40.4 Å². The lowest BCUT2D eigenvalue weighted by molar-refractivity contribution is -0.197. The lowest BCUT2D eigenvalue weighted by Crippen LogP contribution is -2.49. The summed E-state index contributed by atoms with van der Waals surface area (Å²) >= 11 is 0. The van der Waals surface area contributed by atoms with Gasteiger partial charge in [-0.1, -0.05) is 26.0 Å². The molecule has 0 unspecified atom stereocenters. The van der Waals surface area contributed by atoms with Crippen molar-refractivity contribution >= 4 is 44.4 Å². The Morgan fingerprint density at radius 3 is 2.52 bits per heavy atom. The van der Waals surface area contributed by atoms with E-state index in [4.69, 9.17) is 23.9 Å². The molecule has 1 aromatic carbocycles. The summed E-state index contributed by atoms with van der Waals surface area (Å²) in [4.78, 5) is 63.6. The summed E-state index contributed by atoms with van der Waals surface area (Å²) < 4.78 is 80.3. The van der Waals surface area contributed by atoms with E-state index >= 15 is 4.79 Å². The summed E-state index contributed by atoms with van der Waals surface area (Å²) in [5, 5.41) is 1.51. The predicted molar refractivity (Wildman–Crippen MR) is 222 cm³/mol. The van der Waals surface area contributed by atoms with Crippen LogP contribution in [0.2, 0.25) is 0 Å². The standard InChI is InChI=1S/C45H59F2N3O10S/c1-26-11-8-9-12-28-23-45(28,41(54)49-61(55,56)43(5)16-17-43)24-36(51)35-21-30(59-39-32-15-14-29(57-7)20-34(32)31-13-10-18-58-38(31)48-39)25-50(35)40(53)33(27(2)19-26)22-37(52)60-42(3,4)44(6,46)47/h9,12,14-15,20,26-28,30,33,35H,8,10-11,13,16-19,21-25H2,1-7H3,(H,49,54)/b12-9-/t26-,27+,28+,30+,33-,35-,45+/m0/s1. The van der Waals surface area contributed by atoms with Crippen LogP contribution in [0.5, 0.6) is 17.5 Å². The molecule has 16 heteroatoms. The minimum Gasteiger partial charge on any atom is -0.497 e. The van der Waals surface area contributed by atoms with Crippen LogP contribution in [0.1, 0.15) is 111 Å². The first kappa shape index (κ1) is 44.7. The van der Waals surface area contributed by atoms with Gasteiger partial charge in [-0.25, -0.2) is 17.2 Å². The molecule has 0 radical (unpaired) electrons. The molecule has 2 amide bonds. The molecule has 1 N–H and O–H groups in total. The van der Waals surface area contributed by atoms with E-state index in [2.05, 4.69) is 4.72 Å². The second kappa shape index (κ2) is 16.4. The van der Waals surface area contributed by atoms with Crippen LogP contribution in [0.15, 0.2) is 30.4 Å². The number of halogens is 2. The highest BCUT2D eigenvalue weighted by Crippen LogP contribution is 2.58. The molecule has 2 aromatic rings. The van der Waals surface area contributed by atoms with Gasteiger partial charge in [0.2, 0.25) is 33.6 Å². The molecule has 2 aliphatic carbocycles. The van der Waals surface area contributed by atoms with Crippen molar-refractivity contribution in [3.63, 3.8) is 0 Å². The fourth-order valence-corrected chi connectivity index (χ4v) is 10.5. The number of pyridine rings is 1. The number of fused-ring (bicyclic) bond motifs is 5. The molecule has 7 rings (SSSR count). The zero-order valence-corrected chi connectivity index (χ0v) is 37.0. The number of aryl methyl sites for hydroxylation is 1. The van der Waals surface area contributed by atoms with Crippen molar-refractivity contribution < 1.29 is 55.3 Å². The van der Waals surface area contributed by atoms with E-state index in [1.54, 1.807) is 20.1 Å². The average Bonchev–Trinajstić information content (AvgIpc) is 4.07. The normalized spacial score (nSPS) is 29.8. The third-order valence-electron chi connectivity index (χ3n) is 13.9. The van der Waals surface area contributed by atoms with Gasteiger partial charge in [-0.2, -0.15) is 4.98 Å². The third kappa shape index (κ3) is 8.97. The Morgan fingerprint density at radius 2 is 1.84 bits per heavy atom. The molecule has 1 aromatic heterocycles. The predicted octanol–water partition coefficient (Wildman–Crippen LogP) is 6.88. The number of nitrogens with one attached hydrogen (secondary N) is 1. The fourth-order valence-electron chi connectivity index (χ4n) is 9.13. The largest absolute Gasteiger partial charge is 0.497 e. The van der Waals surface area contributed by atoms with Crippen molar-refractivity contribution in [3.8, 4) is 17.5 Å². The zero-order chi connectivity index (χ0) is 44.3. The molecule has 13 nitrogen and oxygen atoms in total. The third-order valence-corrected chi connectivity index (χ3v) is 16.1. The van der Waals surface area contributed by atoms with Gasteiger partial charge in [0.25, 0.3) is 5.92 Å². The van der Waals surface area contributed by atoms with Crippen molar-refractivity contribution in [1.82, 2.24) is 14.6 Å². The smallest absolute Gasteiger partial charge is 0.307 e. The van der Waals surface area contributed by atoms with Crippen LogP contribution >= 0.6 is 0 Å². The molecule has 334 valence electrons. The minimum absolute atomic E-state index is 0.00740. The molecule has 3 aliphatic heterocycles. The summed E-state index contributed by atoms with van der Waals surface area (Å²) in [5.74, 6) is -6.61. The number of ether oxygens (including phenoxy) is 4. The molecule has 61 heavy (non-hydrogen) atoms. The highest BCUT2D eigenvalue weighted by atomic mass is 32.2. The number of methoxy groups -OCH3 is 1. The Bertz CT molecular complexity index is 2220. The molecule has 4 heterocycles. The van der Waals surface area contributed by atoms with Gasteiger partial charge in [-0.15, -0.1) is 0 Å². The number of rotatable bonds is 10. The molecule has 7 atom stereocenters. The van der Waals surface area contributed by atoms with Crippen LogP contribution in [0.25, 0.3) is 10.8 Å². The molecular weight excluding hydrogens is 813 g/mol. The van der Waals surface area contributed by atoms with E-state index in [0.717, 1.165) is 37.6 Å². The van der Waals surface area contributed by atoms with Crippen molar-refractivity contribution in [3.05, 3.63) is 35.9 Å². The number of aromatic nitrogens is 1. The first-order chi connectivity index (χ1) is 28.6. The lowest BCUT2D eigenvalue weighted by atomic mass is 9.82. The summed E-state index contributed by atoms with van der Waals surface area (Å²) in [7, 11) is -2.44. The topological polar surface area (TPSA) is 167 Å². The fraction of sp³-hybridized carbons (Fsp3) is 0.667. The first-order valence-corrected chi connectivity index (χ1v) is 23.0. The summed E-state index contributed by atoms with van der Waals surface area (Å²) in [5.41, 5.74) is -2.60. The number of alkyl halides is 2. The summed E-state index contributed by atoms with van der Waals surface area (Å²) in [6, 6.07) is 4.38. The number of allylic oxidation sites excluding steroid dienone is 2. The average molecular weight is 872 g/mol. The van der Waals surface area contributed by atoms with Gasteiger partial charge in [-0.05, 0) is 113 Å². The monoisotopic (exact) mass is 871 g/mol. The van der Waals surface area contributed by atoms with Gasteiger partial charge < -0.3 is 23.8 Å². The second-order valence-corrected chi connectivity index (χ2v) is 21.2. The first-order valence-electron chi connectivity index (χ1n) is 21.5. The Morgan fingerprint density at radius 1 is 1.10 bits per heavy atom. The Hall–Kier alpha value is -4.34. The van der Waals surface area contributed by atoms with Crippen LogP contribution in [0.3, 0.4) is 0 Å². The van der Waals surface area contributed by atoms with Gasteiger partial charge in [0, 0.05) is 30.7 Å². The van der Waals surface area contributed by atoms with Crippen molar-refractivity contribution in [2.45, 2.75) is 141 Å². The maximum atomic E-state index is 15.1. The van der Waals surface area contributed by atoms with Crippen LogP contribution in [-0.4, -0.2) is 90.5 Å². The molecule has 3 fully saturated rings. The van der Waals surface area contributed by atoms with E-state index < -0.39 is 91.6 Å². The Balaban J connectivity index is 1.25. The van der Waals surface area contributed by atoms with Gasteiger partial charge in [0.1, 0.15) is 11.9 Å². The van der Waals surface area contributed by atoms with Crippen LogP contribution in [0.4, 0.5) is 8.78 Å². The number of benzene rings is 1. The van der Waals surface area contributed by atoms with Crippen LogP contribution < -0.4 is 18.9 Å². The number of carbonyl (C=O) groups is 4. The van der Waals surface area contributed by atoms with Gasteiger partial charge in [-0.3, -0.25) is 23.9 Å². The highest BCUT2D eigenvalue weighted by molar-refractivity contribution is 7.91. The minimum atomic E-state index is -4.02. The lowest BCUT2D eigenvalue weighted by Gasteiger charge is -2.34. The molecule has 1 saturated heterocycles. The number of hydrogen-bond donors (Lipinski definition) is 1. The number of Topliss-reactive ketones (excluding diaryl/α,β-unsaturated/α-hetero) is 1. The number of ketones is 1. The second-order valence-electron chi connectivity index (χ2n) is 19.0. The van der Waals surface area contributed by atoms with Crippen molar-refractivity contribution in [2.24, 2.45) is 29.1 Å². The molecule has 2 saturated carbocycles. The van der Waals surface area contributed by atoms with Gasteiger partial charge in [0.05, 0.1) is 48.8 Å². The number of hydrogen-bond acceptors (Lipinski definition) is 11. The SMILES string of the molecule is COc1ccc2c(O[C@@H]3C[C@H]4C(=O)C[C@]5(C(=O)NS(=O)(=O)C6(C)CC6)C[C@H]5/C=C\CC[C@H](C)C[C@@H](C)[C@H](CC(=O)OC(C)(C)C(C)(F)F)C(=O)N4C3)nc3c(c2c1)CCCO3. The summed E-state index contributed by atoms with van der Waals surface area (Å²) in [6.07, 6.45) is 6.70. The van der Waals surface area contributed by atoms with Crippen molar-refractivity contribution in [2.75, 3.05) is 20.3 Å². The highest BCUT2D eigenvalue weighted by Gasteiger charge is 2.63. The van der Waals surface area contributed by atoms with E-state index in [1.807, 2.05) is 38.1 Å². The van der Waals surface area contributed by atoms with E-state index in [0.29, 0.717) is 62.7 Å².